The van der Waals surface area contributed by atoms with Crippen molar-refractivity contribution >= 4 is 5.91 Å². The van der Waals surface area contributed by atoms with Crippen LogP contribution in [-0.4, -0.2) is 39.9 Å². The minimum absolute atomic E-state index is 0.114. The molecule has 1 atom stereocenters. The van der Waals surface area contributed by atoms with Gasteiger partial charge in [-0.25, -0.2) is 4.98 Å². The number of aromatic amines is 1. The van der Waals surface area contributed by atoms with Crippen LogP contribution in [0.3, 0.4) is 0 Å². The predicted molar refractivity (Wildman–Crippen MR) is 63.3 cm³/mol. The second-order valence-corrected chi connectivity index (χ2v) is 4.51. The molecule has 0 aromatic carbocycles. The minimum Gasteiger partial charge on any atom is -0.347 e. The standard InChI is InChI=1S/C12H16N4O/c17-12(16-4-2-1-3-5-16)10-6-9-11(7-13-10)15-8-14-9/h1-2,8,10,13H,3-7H2,(H,14,15). The van der Waals surface area contributed by atoms with Crippen LogP contribution in [-0.2, 0) is 17.8 Å². The molecule has 17 heavy (non-hydrogen) atoms. The summed E-state index contributed by atoms with van der Waals surface area (Å²) in [5.74, 6) is 0.197. The van der Waals surface area contributed by atoms with Gasteiger partial charge in [0.05, 0.1) is 23.8 Å². The average molecular weight is 232 g/mol. The van der Waals surface area contributed by atoms with Crippen molar-refractivity contribution in [2.45, 2.75) is 25.4 Å². The molecule has 3 rings (SSSR count). The number of fused-ring (bicyclic) bond motifs is 1. The molecule has 2 aliphatic heterocycles. The Bertz CT molecular complexity index is 451. The number of hydrogen-bond acceptors (Lipinski definition) is 3. The second kappa shape index (κ2) is 4.33. The topological polar surface area (TPSA) is 61.0 Å². The Labute approximate surface area is 99.9 Å². The first-order chi connectivity index (χ1) is 8.34. The summed E-state index contributed by atoms with van der Waals surface area (Å²) in [6.45, 7) is 2.28. The SMILES string of the molecule is O=C(C1Cc2nc[nH]c2CN1)N1CC=CCC1. The van der Waals surface area contributed by atoms with E-state index in [-0.39, 0.29) is 11.9 Å². The number of nitrogens with one attached hydrogen (secondary N) is 2. The summed E-state index contributed by atoms with van der Waals surface area (Å²) in [6.07, 6.45) is 7.54. The summed E-state index contributed by atoms with van der Waals surface area (Å²) in [4.78, 5) is 21.5. The van der Waals surface area contributed by atoms with Gasteiger partial charge >= 0.3 is 0 Å². The molecule has 2 N–H and O–H groups in total. The lowest BCUT2D eigenvalue weighted by Gasteiger charge is -2.30. The number of amides is 1. The summed E-state index contributed by atoms with van der Waals surface area (Å²) < 4.78 is 0. The van der Waals surface area contributed by atoms with Crippen molar-refractivity contribution in [3.8, 4) is 0 Å². The van der Waals surface area contributed by atoms with E-state index in [9.17, 15) is 4.79 Å². The fourth-order valence-corrected chi connectivity index (χ4v) is 2.41. The highest BCUT2D eigenvalue weighted by Crippen LogP contribution is 2.14. The molecule has 0 bridgehead atoms. The van der Waals surface area contributed by atoms with Crippen LogP contribution in [0.2, 0.25) is 0 Å². The zero-order valence-electron chi connectivity index (χ0n) is 9.65. The molecule has 90 valence electrons. The van der Waals surface area contributed by atoms with Crippen molar-refractivity contribution in [1.82, 2.24) is 20.2 Å². The van der Waals surface area contributed by atoms with E-state index in [0.717, 1.165) is 30.9 Å². The van der Waals surface area contributed by atoms with Crippen molar-refractivity contribution in [3.05, 3.63) is 29.9 Å². The third-order valence-corrected chi connectivity index (χ3v) is 3.40. The van der Waals surface area contributed by atoms with E-state index in [1.54, 1.807) is 6.33 Å². The molecule has 2 aliphatic rings. The monoisotopic (exact) mass is 232 g/mol. The summed E-state index contributed by atoms with van der Waals surface area (Å²) in [6, 6.07) is -0.114. The number of carbonyl (C=O) groups is 1. The molecule has 1 aromatic rings. The molecule has 5 heteroatoms. The van der Waals surface area contributed by atoms with Gasteiger partial charge in [0.25, 0.3) is 0 Å². The molecule has 0 fully saturated rings. The lowest BCUT2D eigenvalue weighted by Crippen LogP contribution is -2.50. The van der Waals surface area contributed by atoms with Crippen molar-refractivity contribution < 1.29 is 4.79 Å². The molecule has 0 spiro atoms. The van der Waals surface area contributed by atoms with Gasteiger partial charge in [-0.15, -0.1) is 0 Å². The smallest absolute Gasteiger partial charge is 0.240 e. The lowest BCUT2D eigenvalue weighted by molar-refractivity contribution is -0.133. The molecular formula is C12H16N4O. The van der Waals surface area contributed by atoms with E-state index < -0.39 is 0 Å². The van der Waals surface area contributed by atoms with Gasteiger partial charge in [0, 0.05) is 26.1 Å². The van der Waals surface area contributed by atoms with Gasteiger partial charge in [-0.1, -0.05) is 12.2 Å². The number of rotatable bonds is 1. The first-order valence-electron chi connectivity index (χ1n) is 6.03. The fraction of sp³-hybridized carbons (Fsp3) is 0.500. The van der Waals surface area contributed by atoms with Crippen molar-refractivity contribution in [3.63, 3.8) is 0 Å². The molecular weight excluding hydrogens is 216 g/mol. The largest absolute Gasteiger partial charge is 0.347 e. The van der Waals surface area contributed by atoms with E-state index in [4.69, 9.17) is 0 Å². The van der Waals surface area contributed by atoms with Crippen LogP contribution in [0.1, 0.15) is 17.8 Å². The molecule has 1 aromatic heterocycles. The molecule has 0 aliphatic carbocycles. The number of aromatic nitrogens is 2. The third kappa shape index (κ3) is 1.98. The number of hydrogen-bond donors (Lipinski definition) is 2. The minimum atomic E-state index is -0.114. The lowest BCUT2D eigenvalue weighted by atomic mass is 10.0. The number of H-pyrrole nitrogens is 1. The quantitative estimate of drug-likeness (QED) is 0.681. The van der Waals surface area contributed by atoms with Gasteiger partial charge in [-0.2, -0.15) is 0 Å². The molecule has 3 heterocycles. The van der Waals surface area contributed by atoms with Gasteiger partial charge < -0.3 is 9.88 Å². The van der Waals surface area contributed by atoms with E-state index in [1.807, 2.05) is 4.90 Å². The van der Waals surface area contributed by atoms with Crippen molar-refractivity contribution in [1.29, 1.82) is 0 Å². The summed E-state index contributed by atoms with van der Waals surface area (Å²) in [7, 11) is 0. The Hall–Kier alpha value is -1.62. The first kappa shape index (κ1) is 10.5. The average Bonchev–Trinajstić information content (AvgIpc) is 2.86. The normalized spacial score (nSPS) is 23.5. The maximum atomic E-state index is 12.3. The highest BCUT2D eigenvalue weighted by molar-refractivity contribution is 5.82. The summed E-state index contributed by atoms with van der Waals surface area (Å²) >= 11 is 0. The second-order valence-electron chi connectivity index (χ2n) is 4.51. The van der Waals surface area contributed by atoms with Crippen molar-refractivity contribution in [2.75, 3.05) is 13.1 Å². The first-order valence-corrected chi connectivity index (χ1v) is 6.03. The summed E-state index contributed by atoms with van der Waals surface area (Å²) in [5, 5.41) is 3.27. The Balaban J connectivity index is 1.70. The Morgan fingerprint density at radius 3 is 3.24 bits per heavy atom. The zero-order valence-corrected chi connectivity index (χ0v) is 9.65. The van der Waals surface area contributed by atoms with Crippen LogP contribution in [0, 0.1) is 0 Å². The van der Waals surface area contributed by atoms with E-state index >= 15 is 0 Å². The Morgan fingerprint density at radius 2 is 2.41 bits per heavy atom. The number of nitrogens with zero attached hydrogens (tertiary/aromatic N) is 2. The van der Waals surface area contributed by atoms with Gasteiger partial charge in [0.1, 0.15) is 0 Å². The molecule has 1 amide bonds. The number of imidazole rings is 1. The van der Waals surface area contributed by atoms with Crippen LogP contribution in [0.4, 0.5) is 0 Å². The Kier molecular flexibility index (Phi) is 2.68. The summed E-state index contributed by atoms with van der Waals surface area (Å²) in [5.41, 5.74) is 2.13. The van der Waals surface area contributed by atoms with E-state index in [0.29, 0.717) is 13.0 Å². The molecule has 0 radical (unpaired) electrons. The van der Waals surface area contributed by atoms with Gasteiger partial charge in [-0.05, 0) is 6.42 Å². The fourth-order valence-electron chi connectivity index (χ4n) is 2.41. The van der Waals surface area contributed by atoms with Gasteiger partial charge in [-0.3, -0.25) is 10.1 Å². The molecule has 5 nitrogen and oxygen atoms in total. The molecule has 1 unspecified atom stereocenters. The van der Waals surface area contributed by atoms with Gasteiger partial charge in [0.2, 0.25) is 5.91 Å². The number of carbonyl (C=O) groups excluding carboxylic acids is 1. The van der Waals surface area contributed by atoms with Crippen LogP contribution < -0.4 is 5.32 Å². The molecule has 0 saturated carbocycles. The predicted octanol–water partition coefficient (Wildman–Crippen LogP) is 0.212. The van der Waals surface area contributed by atoms with E-state index in [1.165, 1.54) is 0 Å². The van der Waals surface area contributed by atoms with Crippen LogP contribution in [0.25, 0.3) is 0 Å². The van der Waals surface area contributed by atoms with E-state index in [2.05, 4.69) is 27.4 Å². The Morgan fingerprint density at radius 1 is 1.47 bits per heavy atom. The zero-order chi connectivity index (χ0) is 11.7. The van der Waals surface area contributed by atoms with Crippen molar-refractivity contribution in [2.24, 2.45) is 0 Å². The third-order valence-electron chi connectivity index (χ3n) is 3.40. The molecule has 0 saturated heterocycles. The van der Waals surface area contributed by atoms with Crippen LogP contribution >= 0.6 is 0 Å². The maximum absolute atomic E-state index is 12.3. The van der Waals surface area contributed by atoms with Gasteiger partial charge in [0.15, 0.2) is 0 Å². The van der Waals surface area contributed by atoms with Crippen LogP contribution in [0.15, 0.2) is 18.5 Å². The maximum Gasteiger partial charge on any atom is 0.240 e. The highest BCUT2D eigenvalue weighted by atomic mass is 16.2. The van der Waals surface area contributed by atoms with Crippen LogP contribution in [0.5, 0.6) is 0 Å². The highest BCUT2D eigenvalue weighted by Gasteiger charge is 2.29.